The van der Waals surface area contributed by atoms with Gasteiger partial charge >= 0.3 is 0 Å². The second-order valence-corrected chi connectivity index (χ2v) is 7.92. The van der Waals surface area contributed by atoms with Crippen LogP contribution < -0.4 is 5.32 Å². The number of thiophene rings is 1. The lowest BCUT2D eigenvalue weighted by molar-refractivity contribution is 0.499. The van der Waals surface area contributed by atoms with E-state index in [0.29, 0.717) is 21.8 Å². The molecule has 1 aromatic heterocycles. The van der Waals surface area contributed by atoms with Crippen LogP contribution in [0.3, 0.4) is 0 Å². The van der Waals surface area contributed by atoms with Crippen LogP contribution in [0.1, 0.15) is 4.88 Å². The van der Waals surface area contributed by atoms with Crippen LogP contribution in [0.4, 0.5) is 0 Å². The van der Waals surface area contributed by atoms with Crippen molar-refractivity contribution in [3.8, 4) is 0 Å². The summed E-state index contributed by atoms with van der Waals surface area (Å²) >= 11 is 4.73. The molecule has 0 atom stereocenters. The van der Waals surface area contributed by atoms with Crippen LogP contribution in [0.25, 0.3) is 0 Å². The summed E-state index contributed by atoms with van der Waals surface area (Å²) < 4.78 is 26.3. The average Bonchev–Trinajstić information content (AvgIpc) is 2.61. The van der Waals surface area contributed by atoms with Gasteiger partial charge in [0.05, 0.1) is 3.79 Å². The molecule has 0 aliphatic rings. The first-order chi connectivity index (χ1) is 7.93. The van der Waals surface area contributed by atoms with Gasteiger partial charge in [0.25, 0.3) is 0 Å². The number of likely N-dealkylation sites (N-methyl/N-ethyl adjacent to an activating group) is 1. The van der Waals surface area contributed by atoms with Gasteiger partial charge in [-0.3, -0.25) is 0 Å². The zero-order valence-corrected chi connectivity index (χ0v) is 13.0. The van der Waals surface area contributed by atoms with Gasteiger partial charge in [0.15, 0.2) is 0 Å². The smallest absolute Gasteiger partial charge is 0.245 e. The maximum absolute atomic E-state index is 12.2. The highest BCUT2D eigenvalue weighted by Crippen LogP contribution is 2.33. The van der Waals surface area contributed by atoms with Gasteiger partial charge in [-0.1, -0.05) is 6.08 Å². The molecule has 1 rings (SSSR count). The van der Waals surface area contributed by atoms with E-state index in [9.17, 15) is 8.42 Å². The third kappa shape index (κ3) is 3.38. The number of hydrogen-bond acceptors (Lipinski definition) is 4. The van der Waals surface area contributed by atoms with E-state index in [2.05, 4.69) is 27.8 Å². The molecule has 1 aromatic rings. The van der Waals surface area contributed by atoms with E-state index < -0.39 is 10.0 Å². The molecule has 0 saturated heterocycles. The van der Waals surface area contributed by atoms with Crippen molar-refractivity contribution in [3.63, 3.8) is 0 Å². The molecule has 0 aliphatic carbocycles. The molecule has 0 radical (unpaired) electrons. The van der Waals surface area contributed by atoms with Gasteiger partial charge in [-0.05, 0) is 29.0 Å². The van der Waals surface area contributed by atoms with Crippen LogP contribution in [0.2, 0.25) is 0 Å². The third-order valence-corrected chi connectivity index (χ3v) is 6.21. The minimum atomic E-state index is -3.43. The van der Waals surface area contributed by atoms with E-state index in [4.69, 9.17) is 0 Å². The lowest BCUT2D eigenvalue weighted by Crippen LogP contribution is -2.26. The van der Waals surface area contributed by atoms with Crippen LogP contribution in [0.15, 0.2) is 27.4 Å². The topological polar surface area (TPSA) is 49.4 Å². The highest BCUT2D eigenvalue weighted by Gasteiger charge is 2.24. The molecule has 0 saturated carbocycles. The zero-order chi connectivity index (χ0) is 13.1. The van der Waals surface area contributed by atoms with Crippen molar-refractivity contribution in [2.45, 2.75) is 11.4 Å². The first kappa shape index (κ1) is 14.8. The molecule has 0 aliphatic heterocycles. The Kier molecular flexibility index (Phi) is 5.33. The Morgan fingerprint density at radius 1 is 1.65 bits per heavy atom. The monoisotopic (exact) mass is 338 g/mol. The number of rotatable bonds is 6. The predicted molar refractivity (Wildman–Crippen MR) is 74.8 cm³/mol. The number of nitrogens with one attached hydrogen (secondary N) is 1. The van der Waals surface area contributed by atoms with Crippen molar-refractivity contribution in [3.05, 3.63) is 27.4 Å². The summed E-state index contributed by atoms with van der Waals surface area (Å²) in [5.74, 6) is 0. The largest absolute Gasteiger partial charge is 0.315 e. The van der Waals surface area contributed by atoms with Gasteiger partial charge in [-0.2, -0.15) is 4.31 Å². The molecular weight excluding hydrogens is 324 g/mol. The van der Waals surface area contributed by atoms with Gasteiger partial charge in [0.1, 0.15) is 4.90 Å². The van der Waals surface area contributed by atoms with E-state index in [0.717, 1.165) is 4.88 Å². The Morgan fingerprint density at radius 3 is 2.82 bits per heavy atom. The Morgan fingerprint density at radius 2 is 2.29 bits per heavy atom. The Balaban J connectivity index is 3.10. The summed E-state index contributed by atoms with van der Waals surface area (Å²) in [4.78, 5) is 1.29. The van der Waals surface area contributed by atoms with Crippen LogP contribution >= 0.6 is 27.3 Å². The van der Waals surface area contributed by atoms with Gasteiger partial charge in [0, 0.05) is 25.0 Å². The Labute approximate surface area is 115 Å². The summed E-state index contributed by atoms with van der Waals surface area (Å²) in [7, 11) is -0.0659. The van der Waals surface area contributed by atoms with E-state index in [1.54, 1.807) is 19.2 Å². The lowest BCUT2D eigenvalue weighted by Gasteiger charge is -2.14. The summed E-state index contributed by atoms with van der Waals surface area (Å²) in [5.41, 5.74) is 0. The maximum Gasteiger partial charge on any atom is 0.245 e. The molecule has 0 bridgehead atoms. The van der Waals surface area contributed by atoms with Crippen molar-refractivity contribution < 1.29 is 8.42 Å². The fraction of sp³-hybridized carbons (Fsp3) is 0.400. The van der Waals surface area contributed by atoms with Gasteiger partial charge in [0.2, 0.25) is 10.0 Å². The molecule has 4 nitrogen and oxygen atoms in total. The molecule has 17 heavy (non-hydrogen) atoms. The molecule has 0 unspecified atom stereocenters. The third-order valence-electron chi connectivity index (χ3n) is 2.13. The summed E-state index contributed by atoms with van der Waals surface area (Å²) in [6.07, 6.45) is 1.56. The normalized spacial score (nSPS) is 12.0. The average molecular weight is 339 g/mol. The summed E-state index contributed by atoms with van der Waals surface area (Å²) in [6.45, 7) is 4.49. The molecule has 0 amide bonds. The van der Waals surface area contributed by atoms with Gasteiger partial charge in [-0.25, -0.2) is 8.42 Å². The van der Waals surface area contributed by atoms with E-state index in [1.807, 2.05) is 7.05 Å². The molecule has 1 heterocycles. The second kappa shape index (κ2) is 6.10. The molecule has 0 spiro atoms. The minimum absolute atomic E-state index is 0.298. The van der Waals surface area contributed by atoms with Crippen molar-refractivity contribution in [2.24, 2.45) is 0 Å². The summed E-state index contributed by atoms with van der Waals surface area (Å²) in [6, 6.07) is 1.69. The summed E-state index contributed by atoms with van der Waals surface area (Å²) in [5, 5.41) is 3.00. The van der Waals surface area contributed by atoms with E-state index in [1.165, 1.54) is 15.6 Å². The lowest BCUT2D eigenvalue weighted by atomic mass is 10.5. The fourth-order valence-corrected chi connectivity index (χ4v) is 5.06. The standard InChI is InChI=1S/C10H15BrN2O2S2/c1-4-5-13(3)17(14,15)9-6-8(7-12-2)16-10(9)11/h4,6,12H,1,5,7H2,2-3H3. The first-order valence-electron chi connectivity index (χ1n) is 4.93. The Hall–Kier alpha value is -0.210. The molecule has 1 N–H and O–H groups in total. The van der Waals surface area contributed by atoms with Crippen molar-refractivity contribution in [2.75, 3.05) is 20.6 Å². The fourth-order valence-electron chi connectivity index (χ4n) is 1.28. The SMILES string of the molecule is C=CCN(C)S(=O)(=O)c1cc(CNC)sc1Br. The Bertz CT molecular complexity index is 496. The molecule has 0 aromatic carbocycles. The molecule has 7 heteroatoms. The molecule has 96 valence electrons. The number of halogens is 1. The van der Waals surface area contributed by atoms with Crippen molar-refractivity contribution in [1.82, 2.24) is 9.62 Å². The highest BCUT2D eigenvalue weighted by atomic mass is 79.9. The van der Waals surface area contributed by atoms with Crippen LogP contribution in [-0.2, 0) is 16.6 Å². The van der Waals surface area contributed by atoms with Crippen LogP contribution in [-0.4, -0.2) is 33.4 Å². The second-order valence-electron chi connectivity index (χ2n) is 3.46. The van der Waals surface area contributed by atoms with Crippen molar-refractivity contribution in [1.29, 1.82) is 0 Å². The zero-order valence-electron chi connectivity index (χ0n) is 9.73. The number of sulfonamides is 1. The predicted octanol–water partition coefficient (Wildman–Crippen LogP) is 2.04. The van der Waals surface area contributed by atoms with Gasteiger partial charge in [-0.15, -0.1) is 17.9 Å². The van der Waals surface area contributed by atoms with E-state index >= 15 is 0 Å². The highest BCUT2D eigenvalue weighted by molar-refractivity contribution is 9.11. The maximum atomic E-state index is 12.2. The van der Waals surface area contributed by atoms with E-state index in [-0.39, 0.29) is 0 Å². The number of nitrogens with zero attached hydrogens (tertiary/aromatic N) is 1. The van der Waals surface area contributed by atoms with Crippen LogP contribution in [0.5, 0.6) is 0 Å². The van der Waals surface area contributed by atoms with Gasteiger partial charge < -0.3 is 5.32 Å². The van der Waals surface area contributed by atoms with Crippen molar-refractivity contribution >= 4 is 37.3 Å². The minimum Gasteiger partial charge on any atom is -0.315 e. The molecule has 0 fully saturated rings. The quantitative estimate of drug-likeness (QED) is 0.807. The first-order valence-corrected chi connectivity index (χ1v) is 7.98. The molecular formula is C10H15BrN2O2S2. The number of hydrogen-bond donors (Lipinski definition) is 1. The van der Waals surface area contributed by atoms with Crippen LogP contribution in [0, 0.1) is 0 Å².